The molecule has 1 amide bonds. The zero-order valence-corrected chi connectivity index (χ0v) is 20.1. The Morgan fingerprint density at radius 2 is 2.09 bits per heavy atom. The number of aryl methyl sites for hydroxylation is 2. The number of hydrogen-bond donors (Lipinski definition) is 0. The molecule has 6 nitrogen and oxygen atoms in total. The van der Waals surface area contributed by atoms with Crippen LogP contribution in [0.25, 0.3) is 5.78 Å². The minimum absolute atomic E-state index is 0.146. The molecular weight excluding hydrogens is 449 g/mol. The minimum atomic E-state index is -0.358. The smallest absolute Gasteiger partial charge is 0.253 e. The van der Waals surface area contributed by atoms with Crippen molar-refractivity contribution in [1.82, 2.24) is 24.5 Å². The number of likely N-dealkylation sites (tertiary alicyclic amines) is 1. The van der Waals surface area contributed by atoms with Crippen LogP contribution in [0.1, 0.15) is 55.1 Å². The fraction of sp³-hybridized carbons (Fsp3) is 0.478. The number of thioether (sulfide) groups is 1. The van der Waals surface area contributed by atoms with Crippen LogP contribution in [0.2, 0.25) is 5.02 Å². The van der Waals surface area contributed by atoms with Crippen molar-refractivity contribution in [3.05, 3.63) is 51.6 Å². The summed E-state index contributed by atoms with van der Waals surface area (Å²) in [5.74, 6) is 0.619. The molecule has 0 saturated carbocycles. The van der Waals surface area contributed by atoms with E-state index in [0.29, 0.717) is 34.2 Å². The van der Waals surface area contributed by atoms with Gasteiger partial charge in [0.1, 0.15) is 5.82 Å². The van der Waals surface area contributed by atoms with Crippen molar-refractivity contribution in [3.8, 4) is 0 Å². The molecule has 170 valence electrons. The number of carbonyl (C=O) groups is 1. The number of amides is 1. The van der Waals surface area contributed by atoms with Crippen molar-refractivity contribution >= 4 is 35.0 Å². The highest BCUT2D eigenvalue weighted by Gasteiger charge is 2.25. The lowest BCUT2D eigenvalue weighted by Crippen LogP contribution is -2.44. The van der Waals surface area contributed by atoms with E-state index in [9.17, 15) is 9.18 Å². The lowest BCUT2D eigenvalue weighted by atomic mass is 10.0. The molecule has 32 heavy (non-hydrogen) atoms. The SMILES string of the molecule is CC[C@@H]1CCCCN1C(=O)CSc1nc2nc(C)c(Cc3ccc(F)cc3Cl)c(C)n2n1. The van der Waals surface area contributed by atoms with Crippen molar-refractivity contribution in [2.45, 2.75) is 64.1 Å². The fourth-order valence-electron chi connectivity index (χ4n) is 4.33. The molecule has 0 bridgehead atoms. The first kappa shape index (κ1) is 23.0. The molecule has 1 fully saturated rings. The van der Waals surface area contributed by atoms with Crippen LogP contribution in [0.15, 0.2) is 23.4 Å². The topological polar surface area (TPSA) is 63.4 Å². The Morgan fingerprint density at radius 1 is 1.28 bits per heavy atom. The van der Waals surface area contributed by atoms with E-state index in [2.05, 4.69) is 22.0 Å². The minimum Gasteiger partial charge on any atom is -0.339 e. The van der Waals surface area contributed by atoms with Crippen molar-refractivity contribution < 1.29 is 9.18 Å². The van der Waals surface area contributed by atoms with Gasteiger partial charge in [-0.15, -0.1) is 5.10 Å². The molecule has 3 aromatic rings. The van der Waals surface area contributed by atoms with E-state index in [-0.39, 0.29) is 11.7 Å². The molecule has 0 N–H and O–H groups in total. The molecule has 0 radical (unpaired) electrons. The molecule has 1 aliphatic rings. The maximum Gasteiger partial charge on any atom is 0.253 e. The standard InChI is InChI=1S/C23H27ClFN5OS/c1-4-18-7-5-6-10-29(18)21(31)13-32-23-27-22-26-14(2)19(15(3)30(22)28-23)11-16-8-9-17(25)12-20(16)24/h8-9,12,18H,4-7,10-11,13H2,1-3H3/t18-/m1/s1. The summed E-state index contributed by atoms with van der Waals surface area (Å²) >= 11 is 7.58. The van der Waals surface area contributed by atoms with Crippen LogP contribution in [-0.4, -0.2) is 48.7 Å². The van der Waals surface area contributed by atoms with Crippen LogP contribution in [0.5, 0.6) is 0 Å². The molecule has 2 aromatic heterocycles. The second kappa shape index (κ2) is 9.75. The van der Waals surface area contributed by atoms with Gasteiger partial charge in [0.25, 0.3) is 5.78 Å². The van der Waals surface area contributed by atoms with Gasteiger partial charge in [-0.1, -0.05) is 36.4 Å². The lowest BCUT2D eigenvalue weighted by Gasteiger charge is -2.35. The largest absolute Gasteiger partial charge is 0.339 e. The van der Waals surface area contributed by atoms with Gasteiger partial charge in [-0.25, -0.2) is 13.9 Å². The van der Waals surface area contributed by atoms with Gasteiger partial charge < -0.3 is 4.90 Å². The highest BCUT2D eigenvalue weighted by Crippen LogP contribution is 2.26. The summed E-state index contributed by atoms with van der Waals surface area (Å²) in [5, 5.41) is 5.52. The second-order valence-electron chi connectivity index (χ2n) is 8.21. The van der Waals surface area contributed by atoms with E-state index in [1.807, 2.05) is 18.7 Å². The summed E-state index contributed by atoms with van der Waals surface area (Å²) < 4.78 is 15.1. The number of carbonyl (C=O) groups excluding carboxylic acids is 1. The Morgan fingerprint density at radius 3 is 2.84 bits per heavy atom. The number of hydrogen-bond acceptors (Lipinski definition) is 5. The highest BCUT2D eigenvalue weighted by atomic mass is 35.5. The maximum atomic E-state index is 13.4. The van der Waals surface area contributed by atoms with E-state index in [0.717, 1.165) is 48.3 Å². The van der Waals surface area contributed by atoms with Crippen LogP contribution in [0.3, 0.4) is 0 Å². The highest BCUT2D eigenvalue weighted by molar-refractivity contribution is 7.99. The molecular formula is C23H27ClFN5OS. The van der Waals surface area contributed by atoms with Gasteiger partial charge in [0.2, 0.25) is 11.1 Å². The average molecular weight is 476 g/mol. The summed E-state index contributed by atoms with van der Waals surface area (Å²) in [4.78, 5) is 23.9. The summed E-state index contributed by atoms with van der Waals surface area (Å²) in [7, 11) is 0. The number of piperidine rings is 1. The van der Waals surface area contributed by atoms with Crippen molar-refractivity contribution in [1.29, 1.82) is 0 Å². The first-order chi connectivity index (χ1) is 15.4. The molecule has 0 spiro atoms. The predicted octanol–water partition coefficient (Wildman–Crippen LogP) is 5.01. The van der Waals surface area contributed by atoms with E-state index < -0.39 is 0 Å². The maximum absolute atomic E-state index is 13.4. The summed E-state index contributed by atoms with van der Waals surface area (Å²) in [6.45, 7) is 6.86. The van der Waals surface area contributed by atoms with E-state index in [4.69, 9.17) is 11.6 Å². The normalized spacial score (nSPS) is 16.7. The van der Waals surface area contributed by atoms with E-state index in [1.54, 1.807) is 10.6 Å². The molecule has 0 aliphatic carbocycles. The van der Waals surface area contributed by atoms with Crippen LogP contribution >= 0.6 is 23.4 Å². The van der Waals surface area contributed by atoms with Crippen molar-refractivity contribution in [2.75, 3.05) is 12.3 Å². The molecule has 1 atom stereocenters. The van der Waals surface area contributed by atoms with Gasteiger partial charge in [0, 0.05) is 35.4 Å². The number of halogens is 2. The molecule has 9 heteroatoms. The Hall–Kier alpha value is -2.19. The quantitative estimate of drug-likeness (QED) is 0.469. The molecule has 1 saturated heterocycles. The van der Waals surface area contributed by atoms with Gasteiger partial charge in [-0.3, -0.25) is 4.79 Å². The van der Waals surface area contributed by atoms with Crippen LogP contribution < -0.4 is 0 Å². The molecule has 0 unspecified atom stereocenters. The van der Waals surface area contributed by atoms with Crippen molar-refractivity contribution in [2.24, 2.45) is 0 Å². The Balaban J connectivity index is 1.52. The lowest BCUT2D eigenvalue weighted by molar-refractivity contribution is -0.132. The van der Waals surface area contributed by atoms with Gasteiger partial charge in [-0.2, -0.15) is 4.98 Å². The first-order valence-corrected chi connectivity index (χ1v) is 12.3. The number of fused-ring (bicyclic) bond motifs is 1. The third kappa shape index (κ3) is 4.76. The van der Waals surface area contributed by atoms with E-state index >= 15 is 0 Å². The zero-order valence-electron chi connectivity index (χ0n) is 18.6. The average Bonchev–Trinajstić information content (AvgIpc) is 3.19. The second-order valence-corrected chi connectivity index (χ2v) is 9.56. The molecule has 4 rings (SSSR count). The fourth-order valence-corrected chi connectivity index (χ4v) is 5.26. The zero-order chi connectivity index (χ0) is 22.8. The summed E-state index contributed by atoms with van der Waals surface area (Å²) in [6.07, 6.45) is 4.87. The number of benzene rings is 1. The van der Waals surface area contributed by atoms with E-state index in [1.165, 1.54) is 30.3 Å². The van der Waals surface area contributed by atoms with Crippen LogP contribution in [0.4, 0.5) is 4.39 Å². The van der Waals surface area contributed by atoms with Gasteiger partial charge >= 0.3 is 0 Å². The Labute approximate surface area is 196 Å². The molecule has 3 heterocycles. The predicted molar refractivity (Wildman–Crippen MR) is 125 cm³/mol. The number of rotatable bonds is 6. The van der Waals surface area contributed by atoms with Crippen molar-refractivity contribution in [3.63, 3.8) is 0 Å². The van der Waals surface area contributed by atoms with Gasteiger partial charge in [-0.05, 0) is 62.8 Å². The third-order valence-corrected chi connectivity index (χ3v) is 7.33. The van der Waals surface area contributed by atoms with Gasteiger partial charge in [0.15, 0.2) is 0 Å². The monoisotopic (exact) mass is 475 g/mol. The van der Waals surface area contributed by atoms with Crippen LogP contribution in [0, 0.1) is 19.7 Å². The Bertz CT molecular complexity index is 1150. The van der Waals surface area contributed by atoms with Crippen LogP contribution in [-0.2, 0) is 11.2 Å². The molecule has 1 aromatic carbocycles. The number of aromatic nitrogens is 4. The van der Waals surface area contributed by atoms with Gasteiger partial charge in [0.05, 0.1) is 5.75 Å². The number of nitrogens with zero attached hydrogens (tertiary/aromatic N) is 5. The third-order valence-electron chi connectivity index (χ3n) is 6.16. The summed E-state index contributed by atoms with van der Waals surface area (Å²) in [5.41, 5.74) is 3.53. The summed E-state index contributed by atoms with van der Waals surface area (Å²) in [6, 6.07) is 4.77. The Kier molecular flexibility index (Phi) is 7.00. The first-order valence-electron chi connectivity index (χ1n) is 11.0. The molecule has 1 aliphatic heterocycles.